The van der Waals surface area contributed by atoms with Crippen LogP contribution in [-0.2, 0) is 6.61 Å². The lowest BCUT2D eigenvalue weighted by Crippen LogP contribution is -2.19. The van der Waals surface area contributed by atoms with E-state index in [9.17, 15) is 13.2 Å². The van der Waals surface area contributed by atoms with Crippen molar-refractivity contribution in [3.05, 3.63) is 51.5 Å². The molecule has 1 aromatic heterocycles. The first-order valence-electron chi connectivity index (χ1n) is 6.64. The third kappa shape index (κ3) is 4.85. The predicted molar refractivity (Wildman–Crippen MR) is 84.4 cm³/mol. The molecule has 2 N–H and O–H groups in total. The van der Waals surface area contributed by atoms with Gasteiger partial charge in [-0.2, -0.15) is 0 Å². The molecule has 0 aliphatic rings. The van der Waals surface area contributed by atoms with Gasteiger partial charge in [0.05, 0.1) is 6.34 Å². The number of pyridine rings is 1. The van der Waals surface area contributed by atoms with E-state index in [1.807, 2.05) is 0 Å². The van der Waals surface area contributed by atoms with E-state index in [4.69, 9.17) is 15.6 Å². The van der Waals surface area contributed by atoms with Crippen molar-refractivity contribution in [1.29, 1.82) is 10.8 Å². The molecule has 9 heteroatoms. The molecule has 0 unspecified atom stereocenters. The highest BCUT2D eigenvalue weighted by molar-refractivity contribution is 9.10. The molecule has 0 aliphatic heterocycles. The summed E-state index contributed by atoms with van der Waals surface area (Å²) in [5.74, 6) is -0.135. The highest BCUT2D eigenvalue weighted by Gasteiger charge is 2.31. The van der Waals surface area contributed by atoms with Gasteiger partial charge in [0.25, 0.3) is 0 Å². The Kier molecular flexibility index (Phi) is 5.33. The van der Waals surface area contributed by atoms with E-state index in [-0.39, 0.29) is 23.6 Å². The van der Waals surface area contributed by atoms with Gasteiger partial charge in [0.1, 0.15) is 23.6 Å². The molecule has 0 saturated carbocycles. The van der Waals surface area contributed by atoms with Crippen molar-refractivity contribution < 1.29 is 22.6 Å². The van der Waals surface area contributed by atoms with Crippen LogP contribution in [0.15, 0.2) is 34.9 Å². The van der Waals surface area contributed by atoms with Crippen molar-refractivity contribution in [3.63, 3.8) is 0 Å². The van der Waals surface area contributed by atoms with Crippen molar-refractivity contribution in [2.24, 2.45) is 0 Å². The maximum Gasteiger partial charge on any atom is 0.573 e. The number of hydrogen-bond donors (Lipinski definition) is 2. The predicted octanol–water partition coefficient (Wildman–Crippen LogP) is 3.97. The number of benzene rings is 1. The first-order valence-corrected chi connectivity index (χ1v) is 7.43. The van der Waals surface area contributed by atoms with Crippen molar-refractivity contribution in [2.45, 2.75) is 19.9 Å². The zero-order valence-corrected chi connectivity index (χ0v) is 14.0. The lowest BCUT2D eigenvalue weighted by atomic mass is 10.2. The summed E-state index contributed by atoms with van der Waals surface area (Å²) in [4.78, 5) is 0. The number of aromatic nitrogens is 1. The van der Waals surface area contributed by atoms with E-state index in [0.29, 0.717) is 15.6 Å². The molecule has 128 valence electrons. The molecule has 0 saturated heterocycles. The SMILES string of the molecule is Cc1cc(OCc2cc(=N)n(C=N)cc2Br)cc(OC(F)(F)F)c1. The molecule has 0 bridgehead atoms. The van der Waals surface area contributed by atoms with Crippen LogP contribution < -0.4 is 15.0 Å². The Labute approximate surface area is 143 Å². The number of hydrogen-bond acceptors (Lipinski definition) is 4. The molecule has 0 fully saturated rings. The van der Waals surface area contributed by atoms with Gasteiger partial charge >= 0.3 is 6.36 Å². The summed E-state index contributed by atoms with van der Waals surface area (Å²) in [6.45, 7) is 1.67. The van der Waals surface area contributed by atoms with E-state index < -0.39 is 6.36 Å². The zero-order chi connectivity index (χ0) is 17.9. The summed E-state index contributed by atoms with van der Waals surface area (Å²) in [7, 11) is 0. The van der Waals surface area contributed by atoms with E-state index in [1.165, 1.54) is 22.9 Å². The number of alkyl halides is 3. The maximum absolute atomic E-state index is 12.3. The van der Waals surface area contributed by atoms with Crippen LogP contribution in [0.4, 0.5) is 13.2 Å². The molecule has 0 amide bonds. The Balaban J connectivity index is 2.19. The van der Waals surface area contributed by atoms with E-state index in [2.05, 4.69) is 20.7 Å². The molecule has 5 nitrogen and oxygen atoms in total. The van der Waals surface area contributed by atoms with E-state index in [0.717, 1.165) is 12.4 Å². The normalized spacial score (nSPS) is 11.2. The third-order valence-electron chi connectivity index (χ3n) is 2.94. The summed E-state index contributed by atoms with van der Waals surface area (Å²) in [5, 5.41) is 14.9. The Hall–Kier alpha value is -2.29. The van der Waals surface area contributed by atoms with Crippen LogP contribution in [0, 0.1) is 17.7 Å². The van der Waals surface area contributed by atoms with Gasteiger partial charge < -0.3 is 9.47 Å². The standard InChI is InChI=1S/C15H13BrF3N3O2/c1-9-2-11(5-12(3-9)24-15(17,18)19)23-7-10-4-14(21)22(8-20)6-13(10)16/h2-6,8,20-21H,7H2,1H3. The van der Waals surface area contributed by atoms with Crippen LogP contribution >= 0.6 is 15.9 Å². The third-order valence-corrected chi connectivity index (χ3v) is 3.65. The van der Waals surface area contributed by atoms with Gasteiger partial charge in [-0.15, -0.1) is 13.2 Å². The van der Waals surface area contributed by atoms with Crippen molar-refractivity contribution in [1.82, 2.24) is 4.57 Å². The highest BCUT2D eigenvalue weighted by Crippen LogP contribution is 2.28. The fourth-order valence-corrected chi connectivity index (χ4v) is 2.40. The second-order valence-electron chi connectivity index (χ2n) is 4.89. The van der Waals surface area contributed by atoms with Crippen molar-refractivity contribution in [2.75, 3.05) is 0 Å². The van der Waals surface area contributed by atoms with E-state index in [1.54, 1.807) is 13.0 Å². The Morgan fingerprint density at radius 2 is 1.88 bits per heavy atom. The topological polar surface area (TPSA) is 71.1 Å². The zero-order valence-electron chi connectivity index (χ0n) is 12.4. The molecule has 2 rings (SSSR count). The molecular weight excluding hydrogens is 391 g/mol. The van der Waals surface area contributed by atoms with Gasteiger partial charge in [0.15, 0.2) is 0 Å². The quantitative estimate of drug-likeness (QED) is 0.585. The summed E-state index contributed by atoms with van der Waals surface area (Å²) in [5.41, 5.74) is 1.26. The van der Waals surface area contributed by atoms with Crippen molar-refractivity contribution >= 4 is 22.3 Å². The molecule has 0 spiro atoms. The fourth-order valence-electron chi connectivity index (χ4n) is 1.95. The second kappa shape index (κ2) is 7.08. The summed E-state index contributed by atoms with van der Waals surface area (Å²) in [6, 6.07) is 5.49. The Bertz CT molecular complexity index is 819. The second-order valence-corrected chi connectivity index (χ2v) is 5.74. The smallest absolute Gasteiger partial charge is 0.489 e. The lowest BCUT2D eigenvalue weighted by molar-refractivity contribution is -0.274. The number of ether oxygens (including phenoxy) is 2. The van der Waals surface area contributed by atoms with Crippen LogP contribution in [-0.4, -0.2) is 17.3 Å². The minimum atomic E-state index is -4.77. The number of halogens is 4. The molecule has 24 heavy (non-hydrogen) atoms. The van der Waals surface area contributed by atoms with Gasteiger partial charge in [0.2, 0.25) is 0 Å². The minimum Gasteiger partial charge on any atom is -0.489 e. The first-order chi connectivity index (χ1) is 11.2. The monoisotopic (exact) mass is 403 g/mol. The van der Waals surface area contributed by atoms with Crippen molar-refractivity contribution in [3.8, 4) is 11.5 Å². The number of nitrogens with one attached hydrogen (secondary N) is 2. The van der Waals surface area contributed by atoms with Gasteiger partial charge in [-0.25, -0.2) is 0 Å². The Morgan fingerprint density at radius 3 is 2.50 bits per heavy atom. The molecule has 2 aromatic rings. The van der Waals surface area contributed by atoms with Gasteiger partial charge in [-0.3, -0.25) is 15.4 Å². The van der Waals surface area contributed by atoms with Crippen LogP contribution in [0.5, 0.6) is 11.5 Å². The molecule has 0 atom stereocenters. The average molecular weight is 404 g/mol. The molecule has 0 aliphatic carbocycles. The van der Waals surface area contributed by atoms with Crippen LogP contribution in [0.1, 0.15) is 11.1 Å². The number of nitrogens with zero attached hydrogens (tertiary/aromatic N) is 1. The number of aryl methyl sites for hydroxylation is 1. The molecule has 0 radical (unpaired) electrons. The molecule has 1 aromatic carbocycles. The largest absolute Gasteiger partial charge is 0.573 e. The van der Waals surface area contributed by atoms with Crippen LogP contribution in [0.2, 0.25) is 0 Å². The minimum absolute atomic E-state index is 0.0419. The summed E-state index contributed by atoms with van der Waals surface area (Å²) in [6.07, 6.45) is -2.25. The molecular formula is C15H13BrF3N3O2. The Morgan fingerprint density at radius 1 is 1.21 bits per heavy atom. The number of rotatable bonds is 5. The summed E-state index contributed by atoms with van der Waals surface area (Å²) >= 11 is 3.30. The van der Waals surface area contributed by atoms with E-state index >= 15 is 0 Å². The van der Waals surface area contributed by atoms with Gasteiger partial charge in [-0.05, 0) is 46.6 Å². The van der Waals surface area contributed by atoms with Crippen LogP contribution in [0.3, 0.4) is 0 Å². The highest BCUT2D eigenvalue weighted by atomic mass is 79.9. The lowest BCUT2D eigenvalue weighted by Gasteiger charge is -2.13. The average Bonchev–Trinajstić information content (AvgIpc) is 2.45. The first kappa shape index (κ1) is 18.1. The van der Waals surface area contributed by atoms with Gasteiger partial charge in [0, 0.05) is 22.3 Å². The fraction of sp³-hybridized carbons (Fsp3) is 0.200. The maximum atomic E-state index is 12.3. The summed E-state index contributed by atoms with van der Waals surface area (Å²) < 4.78 is 48.3. The molecule has 1 heterocycles. The van der Waals surface area contributed by atoms with Gasteiger partial charge in [-0.1, -0.05) is 0 Å². The van der Waals surface area contributed by atoms with Crippen LogP contribution in [0.25, 0.3) is 0 Å².